The van der Waals surface area contributed by atoms with Crippen molar-refractivity contribution in [2.24, 2.45) is 5.73 Å². The number of pyridine rings is 1. The van der Waals surface area contributed by atoms with Gasteiger partial charge in [0.2, 0.25) is 5.91 Å². The highest BCUT2D eigenvalue weighted by atomic mass is 127. The average molecular weight is 312 g/mol. The van der Waals surface area contributed by atoms with Crippen LogP contribution in [0.5, 0.6) is 0 Å². The molecule has 14 heavy (non-hydrogen) atoms. The SMILES string of the molecule is Cc1nc(C(F)F)cc(C(N)=O)c1I. The third-order valence-corrected chi connectivity index (χ3v) is 2.99. The predicted octanol–water partition coefficient (Wildman–Crippen LogP) is 2.03. The third kappa shape index (κ3) is 2.17. The van der Waals surface area contributed by atoms with E-state index in [1.54, 1.807) is 6.92 Å². The smallest absolute Gasteiger partial charge is 0.280 e. The van der Waals surface area contributed by atoms with Crippen molar-refractivity contribution in [2.75, 3.05) is 0 Å². The Bertz CT molecular complexity index is 382. The van der Waals surface area contributed by atoms with E-state index in [9.17, 15) is 13.6 Å². The summed E-state index contributed by atoms with van der Waals surface area (Å²) in [5.74, 6) is -0.721. The number of rotatable bonds is 2. The first-order valence-corrected chi connectivity index (χ1v) is 4.76. The lowest BCUT2D eigenvalue weighted by Gasteiger charge is -2.06. The minimum atomic E-state index is -2.69. The minimum absolute atomic E-state index is 0.0911. The number of amides is 1. The van der Waals surface area contributed by atoms with E-state index in [1.165, 1.54) is 0 Å². The molecule has 0 saturated carbocycles. The second kappa shape index (κ2) is 4.16. The summed E-state index contributed by atoms with van der Waals surface area (Å²) in [4.78, 5) is 14.5. The molecule has 0 saturated heterocycles. The number of primary amides is 1. The van der Waals surface area contributed by atoms with Gasteiger partial charge >= 0.3 is 0 Å². The van der Waals surface area contributed by atoms with Crippen LogP contribution in [0.1, 0.15) is 28.2 Å². The maximum absolute atomic E-state index is 12.3. The van der Waals surface area contributed by atoms with E-state index in [2.05, 4.69) is 4.98 Å². The number of nitrogens with two attached hydrogens (primary N) is 1. The zero-order chi connectivity index (χ0) is 10.9. The molecule has 1 rings (SSSR count). The van der Waals surface area contributed by atoms with Crippen LogP contribution in [0.3, 0.4) is 0 Å². The van der Waals surface area contributed by atoms with Gasteiger partial charge in [0.1, 0.15) is 5.69 Å². The number of hydrogen-bond acceptors (Lipinski definition) is 2. The molecule has 0 atom stereocenters. The summed E-state index contributed by atoms with van der Waals surface area (Å²) in [6.07, 6.45) is -2.69. The van der Waals surface area contributed by atoms with E-state index in [0.29, 0.717) is 9.26 Å². The zero-order valence-corrected chi connectivity index (χ0v) is 9.38. The van der Waals surface area contributed by atoms with Crippen LogP contribution in [0.15, 0.2) is 6.07 Å². The van der Waals surface area contributed by atoms with E-state index in [0.717, 1.165) is 6.07 Å². The van der Waals surface area contributed by atoms with Crippen molar-refractivity contribution in [1.29, 1.82) is 0 Å². The molecule has 76 valence electrons. The molecule has 0 aliphatic carbocycles. The van der Waals surface area contributed by atoms with Crippen molar-refractivity contribution in [3.05, 3.63) is 26.6 Å². The Hall–Kier alpha value is -0.790. The van der Waals surface area contributed by atoms with Crippen molar-refractivity contribution in [3.8, 4) is 0 Å². The molecule has 0 radical (unpaired) electrons. The number of halogens is 3. The molecular formula is C8H7F2IN2O. The molecule has 1 aromatic rings. The zero-order valence-electron chi connectivity index (χ0n) is 7.22. The third-order valence-electron chi connectivity index (χ3n) is 1.63. The van der Waals surface area contributed by atoms with Gasteiger partial charge in [-0.3, -0.25) is 9.78 Å². The normalized spacial score (nSPS) is 10.6. The summed E-state index contributed by atoms with van der Waals surface area (Å²) in [6.45, 7) is 1.56. The Balaban J connectivity index is 3.35. The quantitative estimate of drug-likeness (QED) is 0.850. The largest absolute Gasteiger partial charge is 0.366 e. The van der Waals surface area contributed by atoms with Crippen LogP contribution in [0.4, 0.5) is 8.78 Å². The van der Waals surface area contributed by atoms with Crippen LogP contribution in [-0.2, 0) is 0 Å². The van der Waals surface area contributed by atoms with Crippen LogP contribution in [-0.4, -0.2) is 10.9 Å². The van der Waals surface area contributed by atoms with Crippen LogP contribution in [0.2, 0.25) is 0 Å². The van der Waals surface area contributed by atoms with Crippen molar-refractivity contribution >= 4 is 28.5 Å². The number of aromatic nitrogens is 1. The van der Waals surface area contributed by atoms with Crippen molar-refractivity contribution in [1.82, 2.24) is 4.98 Å². The fourth-order valence-electron chi connectivity index (χ4n) is 0.972. The lowest BCUT2D eigenvalue weighted by Crippen LogP contribution is -2.15. The average Bonchev–Trinajstić information content (AvgIpc) is 2.08. The number of nitrogens with zero attached hydrogens (tertiary/aromatic N) is 1. The molecule has 0 bridgehead atoms. The first kappa shape index (κ1) is 11.3. The summed E-state index contributed by atoms with van der Waals surface area (Å²) >= 11 is 1.85. The van der Waals surface area contributed by atoms with Crippen molar-refractivity contribution in [2.45, 2.75) is 13.3 Å². The topological polar surface area (TPSA) is 56.0 Å². The molecule has 0 aromatic carbocycles. The van der Waals surface area contributed by atoms with E-state index < -0.39 is 18.0 Å². The van der Waals surface area contributed by atoms with Crippen molar-refractivity contribution in [3.63, 3.8) is 0 Å². The highest BCUT2D eigenvalue weighted by Crippen LogP contribution is 2.22. The molecule has 0 fully saturated rings. The van der Waals surface area contributed by atoms with Gasteiger partial charge in [0.25, 0.3) is 6.43 Å². The Morgan fingerprint density at radius 2 is 2.21 bits per heavy atom. The fourth-order valence-corrected chi connectivity index (χ4v) is 1.51. The van der Waals surface area contributed by atoms with Gasteiger partial charge in [-0.1, -0.05) is 0 Å². The van der Waals surface area contributed by atoms with Gasteiger partial charge in [0.05, 0.1) is 11.3 Å². The molecule has 0 aliphatic heterocycles. The second-order valence-corrected chi connectivity index (χ2v) is 3.74. The van der Waals surface area contributed by atoms with Crippen LogP contribution >= 0.6 is 22.6 Å². The summed E-state index contributed by atoms with van der Waals surface area (Å²) in [6, 6.07) is 1.03. The highest BCUT2D eigenvalue weighted by molar-refractivity contribution is 14.1. The monoisotopic (exact) mass is 312 g/mol. The Kier molecular flexibility index (Phi) is 3.35. The van der Waals surface area contributed by atoms with Gasteiger partial charge in [-0.25, -0.2) is 8.78 Å². The molecule has 1 heterocycles. The van der Waals surface area contributed by atoms with E-state index in [1.807, 2.05) is 22.6 Å². The molecule has 2 N–H and O–H groups in total. The first-order valence-electron chi connectivity index (χ1n) is 3.68. The second-order valence-electron chi connectivity index (χ2n) is 2.66. The van der Waals surface area contributed by atoms with E-state index in [4.69, 9.17) is 5.73 Å². The van der Waals surface area contributed by atoms with Crippen LogP contribution in [0, 0.1) is 10.5 Å². The number of carbonyl (C=O) groups excluding carboxylic acids is 1. The van der Waals surface area contributed by atoms with Crippen molar-refractivity contribution < 1.29 is 13.6 Å². The summed E-state index contributed by atoms with van der Waals surface area (Å²) in [5, 5.41) is 0. The number of hydrogen-bond donors (Lipinski definition) is 1. The maximum atomic E-state index is 12.3. The predicted molar refractivity (Wildman–Crippen MR) is 55.2 cm³/mol. The lowest BCUT2D eigenvalue weighted by molar-refractivity contribution is 0.0998. The molecular weight excluding hydrogens is 305 g/mol. The number of alkyl halides is 2. The van der Waals surface area contributed by atoms with Gasteiger partial charge in [-0.15, -0.1) is 0 Å². The lowest BCUT2D eigenvalue weighted by atomic mass is 10.2. The summed E-state index contributed by atoms with van der Waals surface area (Å²) < 4.78 is 25.1. The standard InChI is InChI=1S/C8H7F2IN2O/c1-3-6(11)4(8(12)14)2-5(13-3)7(9)10/h2,7H,1H3,(H2,12,14). The number of aryl methyl sites for hydroxylation is 1. The van der Waals surface area contributed by atoms with E-state index >= 15 is 0 Å². The highest BCUT2D eigenvalue weighted by Gasteiger charge is 2.16. The Morgan fingerprint density at radius 3 is 2.64 bits per heavy atom. The fraction of sp³-hybridized carbons (Fsp3) is 0.250. The number of carbonyl (C=O) groups is 1. The molecule has 1 aromatic heterocycles. The summed E-state index contributed by atoms with van der Waals surface area (Å²) in [7, 11) is 0. The van der Waals surface area contributed by atoms with Crippen LogP contribution in [0.25, 0.3) is 0 Å². The summed E-state index contributed by atoms with van der Waals surface area (Å²) in [5.41, 5.74) is 5.09. The van der Waals surface area contributed by atoms with Gasteiger partial charge in [0, 0.05) is 3.57 Å². The maximum Gasteiger partial charge on any atom is 0.280 e. The Labute approximate surface area is 92.8 Å². The molecule has 0 spiro atoms. The molecule has 6 heteroatoms. The van der Waals surface area contributed by atoms with Crippen LogP contribution < -0.4 is 5.73 Å². The minimum Gasteiger partial charge on any atom is -0.366 e. The van der Waals surface area contributed by atoms with E-state index in [-0.39, 0.29) is 5.56 Å². The molecule has 0 aliphatic rings. The van der Waals surface area contributed by atoms with Gasteiger partial charge < -0.3 is 5.73 Å². The first-order chi connectivity index (χ1) is 6.43. The molecule has 1 amide bonds. The van der Waals surface area contributed by atoms with Gasteiger partial charge in [-0.05, 0) is 35.6 Å². The molecule has 3 nitrogen and oxygen atoms in total. The van der Waals surface area contributed by atoms with Gasteiger partial charge in [0.15, 0.2) is 0 Å². The van der Waals surface area contributed by atoms with Gasteiger partial charge in [-0.2, -0.15) is 0 Å². The Morgan fingerprint density at radius 1 is 1.64 bits per heavy atom. The molecule has 0 unspecified atom stereocenters.